The van der Waals surface area contributed by atoms with Gasteiger partial charge in [-0.15, -0.1) is 0 Å². The maximum absolute atomic E-state index is 13.5. The highest BCUT2D eigenvalue weighted by atomic mass is 35.5. The average Bonchev–Trinajstić information content (AvgIpc) is 2.49. The van der Waals surface area contributed by atoms with E-state index < -0.39 is 0 Å². The van der Waals surface area contributed by atoms with Crippen LogP contribution in [-0.4, -0.2) is 11.7 Å². The maximum Gasteiger partial charge on any atom is 0.138 e. The molecule has 0 heterocycles. The van der Waals surface area contributed by atoms with Gasteiger partial charge in [0.2, 0.25) is 0 Å². The van der Waals surface area contributed by atoms with E-state index in [2.05, 4.69) is 11.8 Å². The van der Waals surface area contributed by atoms with Crippen molar-refractivity contribution in [1.29, 1.82) is 0 Å². The lowest BCUT2D eigenvalue weighted by Gasteiger charge is -2.05. The number of aliphatic hydroxyl groups is 1. The van der Waals surface area contributed by atoms with E-state index in [-0.39, 0.29) is 12.4 Å². The third-order valence-electron chi connectivity index (χ3n) is 2.82. The Hall–Kier alpha value is -1.47. The second-order valence-electron chi connectivity index (χ2n) is 4.36. The molecule has 0 radical (unpaired) electrons. The fourth-order valence-electron chi connectivity index (χ4n) is 1.79. The predicted molar refractivity (Wildman–Crippen MR) is 86.8 cm³/mol. The Labute approximate surface area is 133 Å². The molecule has 0 saturated heterocycles. The molecule has 0 aliphatic heterocycles. The molecule has 0 aromatic heterocycles. The normalized spacial score (nSPS) is 10.0. The van der Waals surface area contributed by atoms with E-state index in [1.807, 2.05) is 24.3 Å². The number of hydrogen-bond acceptors (Lipinski definition) is 2. The van der Waals surface area contributed by atoms with Gasteiger partial charge >= 0.3 is 0 Å². The molecular formula is C17H14ClFOS. The average molecular weight is 321 g/mol. The van der Waals surface area contributed by atoms with Crippen LogP contribution in [0, 0.1) is 17.7 Å². The third kappa shape index (κ3) is 4.78. The summed E-state index contributed by atoms with van der Waals surface area (Å²) in [5.74, 6) is 6.26. The van der Waals surface area contributed by atoms with Gasteiger partial charge in [-0.25, -0.2) is 4.39 Å². The highest BCUT2D eigenvalue weighted by molar-refractivity contribution is 7.97. The Kier molecular flexibility index (Phi) is 6.13. The van der Waals surface area contributed by atoms with Crippen molar-refractivity contribution < 1.29 is 9.50 Å². The summed E-state index contributed by atoms with van der Waals surface area (Å²) in [4.78, 5) is 0. The van der Waals surface area contributed by atoms with Gasteiger partial charge in [0.15, 0.2) is 0 Å². The van der Waals surface area contributed by atoms with Gasteiger partial charge in [-0.1, -0.05) is 47.7 Å². The zero-order chi connectivity index (χ0) is 15.1. The number of thioether (sulfide) groups is 1. The van der Waals surface area contributed by atoms with Crippen molar-refractivity contribution in [3.8, 4) is 11.8 Å². The Morgan fingerprint density at radius 3 is 2.71 bits per heavy atom. The molecule has 4 heteroatoms. The van der Waals surface area contributed by atoms with Gasteiger partial charge in [-0.2, -0.15) is 11.8 Å². The molecule has 0 spiro atoms. The molecule has 0 aliphatic rings. The van der Waals surface area contributed by atoms with Crippen LogP contribution in [0.5, 0.6) is 0 Å². The van der Waals surface area contributed by atoms with Crippen molar-refractivity contribution in [3.05, 3.63) is 70.0 Å². The van der Waals surface area contributed by atoms with Crippen LogP contribution in [-0.2, 0) is 11.5 Å². The molecule has 0 fully saturated rings. The first-order valence-corrected chi connectivity index (χ1v) is 7.93. The Bertz CT molecular complexity index is 676. The predicted octanol–water partition coefficient (Wildman–Crippen LogP) is 4.26. The van der Waals surface area contributed by atoms with Gasteiger partial charge in [0.25, 0.3) is 0 Å². The van der Waals surface area contributed by atoms with E-state index in [9.17, 15) is 4.39 Å². The minimum atomic E-state index is -0.365. The van der Waals surface area contributed by atoms with E-state index >= 15 is 0 Å². The summed E-state index contributed by atoms with van der Waals surface area (Å²) >= 11 is 7.81. The lowest BCUT2D eigenvalue weighted by Crippen LogP contribution is -1.89. The SMILES string of the molecule is OCC#Cc1cc(CSCc2ccccc2Cl)ccc1F. The first-order valence-electron chi connectivity index (χ1n) is 6.40. The fourth-order valence-corrected chi connectivity index (χ4v) is 3.06. The molecule has 2 rings (SSSR count). The summed E-state index contributed by atoms with van der Waals surface area (Å²) in [6, 6.07) is 12.6. The lowest BCUT2D eigenvalue weighted by molar-refractivity contribution is 0.350. The Balaban J connectivity index is 1.99. The van der Waals surface area contributed by atoms with Crippen LogP contribution < -0.4 is 0 Å². The van der Waals surface area contributed by atoms with Crippen LogP contribution in [0.15, 0.2) is 42.5 Å². The first kappa shape index (κ1) is 15.9. The highest BCUT2D eigenvalue weighted by Gasteiger charge is 2.03. The molecule has 0 bridgehead atoms. The van der Waals surface area contributed by atoms with Crippen molar-refractivity contribution >= 4 is 23.4 Å². The van der Waals surface area contributed by atoms with E-state index in [4.69, 9.17) is 16.7 Å². The number of benzene rings is 2. The first-order chi connectivity index (χ1) is 10.2. The molecule has 1 nitrogen and oxygen atoms in total. The number of aliphatic hydroxyl groups excluding tert-OH is 1. The van der Waals surface area contributed by atoms with Crippen molar-refractivity contribution in [2.75, 3.05) is 6.61 Å². The summed E-state index contributed by atoms with van der Waals surface area (Å²) in [5.41, 5.74) is 2.40. The van der Waals surface area contributed by atoms with Crippen molar-refractivity contribution in [3.63, 3.8) is 0 Å². The van der Waals surface area contributed by atoms with Crippen LogP contribution >= 0.6 is 23.4 Å². The molecular weight excluding hydrogens is 307 g/mol. The van der Waals surface area contributed by atoms with Gasteiger partial charge in [-0.05, 0) is 29.3 Å². The molecule has 0 aliphatic carbocycles. The molecule has 1 N–H and O–H groups in total. The standard InChI is InChI=1S/C17H14ClFOS/c18-16-6-2-1-4-15(16)12-21-11-13-7-8-17(19)14(10-13)5-3-9-20/h1-2,4,6-8,10,20H,9,11-12H2. The Morgan fingerprint density at radius 1 is 1.14 bits per heavy atom. The van der Waals surface area contributed by atoms with E-state index in [1.165, 1.54) is 6.07 Å². The summed E-state index contributed by atoms with van der Waals surface area (Å²) in [6.45, 7) is -0.273. The Morgan fingerprint density at radius 2 is 1.95 bits per heavy atom. The molecule has 0 unspecified atom stereocenters. The number of halogens is 2. The van der Waals surface area contributed by atoms with Gasteiger partial charge in [-0.3, -0.25) is 0 Å². The summed E-state index contributed by atoms with van der Waals surface area (Å²) in [6.07, 6.45) is 0. The molecule has 0 amide bonds. The largest absolute Gasteiger partial charge is 0.384 e. The van der Waals surface area contributed by atoms with Crippen molar-refractivity contribution in [1.82, 2.24) is 0 Å². The van der Waals surface area contributed by atoms with Gasteiger partial charge in [0.05, 0.1) is 5.56 Å². The second-order valence-corrected chi connectivity index (χ2v) is 5.75. The zero-order valence-electron chi connectivity index (χ0n) is 11.3. The van der Waals surface area contributed by atoms with E-state index in [0.29, 0.717) is 5.56 Å². The summed E-state index contributed by atoms with van der Waals surface area (Å²) in [7, 11) is 0. The minimum absolute atomic E-state index is 0.273. The van der Waals surface area contributed by atoms with Crippen molar-refractivity contribution in [2.45, 2.75) is 11.5 Å². The van der Waals surface area contributed by atoms with Crippen LogP contribution in [0.3, 0.4) is 0 Å². The molecule has 21 heavy (non-hydrogen) atoms. The number of rotatable bonds is 4. The lowest BCUT2D eigenvalue weighted by atomic mass is 10.1. The molecule has 0 saturated carbocycles. The molecule has 2 aromatic carbocycles. The maximum atomic E-state index is 13.5. The van der Waals surface area contributed by atoms with E-state index in [0.717, 1.165) is 27.7 Å². The van der Waals surface area contributed by atoms with Gasteiger partial charge < -0.3 is 5.11 Å². The third-order valence-corrected chi connectivity index (χ3v) is 4.24. The van der Waals surface area contributed by atoms with Gasteiger partial charge in [0.1, 0.15) is 12.4 Å². The minimum Gasteiger partial charge on any atom is -0.384 e. The van der Waals surface area contributed by atoms with E-state index in [1.54, 1.807) is 23.9 Å². The molecule has 2 aromatic rings. The summed E-state index contributed by atoms with van der Waals surface area (Å²) < 4.78 is 13.5. The fraction of sp³-hybridized carbons (Fsp3) is 0.176. The monoisotopic (exact) mass is 320 g/mol. The quantitative estimate of drug-likeness (QED) is 0.850. The van der Waals surface area contributed by atoms with Crippen LogP contribution in [0.4, 0.5) is 4.39 Å². The summed E-state index contributed by atoms with van der Waals surface area (Å²) in [5, 5.41) is 9.43. The molecule has 0 atom stereocenters. The highest BCUT2D eigenvalue weighted by Crippen LogP contribution is 2.23. The second kappa shape index (κ2) is 8.09. The van der Waals surface area contributed by atoms with Crippen LogP contribution in [0.2, 0.25) is 5.02 Å². The topological polar surface area (TPSA) is 20.2 Å². The molecule has 108 valence electrons. The van der Waals surface area contributed by atoms with Gasteiger partial charge in [0, 0.05) is 16.5 Å². The van der Waals surface area contributed by atoms with Crippen LogP contribution in [0.25, 0.3) is 0 Å². The van der Waals surface area contributed by atoms with Crippen molar-refractivity contribution in [2.24, 2.45) is 0 Å². The number of hydrogen-bond donors (Lipinski definition) is 1. The zero-order valence-corrected chi connectivity index (χ0v) is 12.8. The van der Waals surface area contributed by atoms with Crippen LogP contribution in [0.1, 0.15) is 16.7 Å². The smallest absolute Gasteiger partial charge is 0.138 e.